The summed E-state index contributed by atoms with van der Waals surface area (Å²) < 4.78 is 1.10. The lowest BCUT2D eigenvalue weighted by atomic mass is 10.2. The van der Waals surface area contributed by atoms with Gasteiger partial charge in [-0.2, -0.15) is 0 Å². The lowest BCUT2D eigenvalue weighted by Crippen LogP contribution is -2.44. The van der Waals surface area contributed by atoms with Crippen LogP contribution in [0.2, 0.25) is 0 Å². The summed E-state index contributed by atoms with van der Waals surface area (Å²) in [5, 5.41) is 2.07. The topological polar surface area (TPSA) is 72.3 Å². The fraction of sp³-hybridized carbons (Fsp3) is 0.444. The van der Waals surface area contributed by atoms with Gasteiger partial charge in [-0.15, -0.1) is 11.3 Å². The van der Waals surface area contributed by atoms with Crippen molar-refractivity contribution < 1.29 is 4.79 Å². The first-order chi connectivity index (χ1) is 6.99. The minimum atomic E-state index is -0.600. The molecule has 1 amide bonds. The Bertz CT molecular complexity index is 342. The van der Waals surface area contributed by atoms with Crippen LogP contribution in [0.15, 0.2) is 15.2 Å². The summed E-state index contributed by atoms with van der Waals surface area (Å²) in [5.41, 5.74) is 11.8. The molecule has 4 nitrogen and oxygen atoms in total. The monoisotopic (exact) mass is 291 g/mol. The van der Waals surface area contributed by atoms with Crippen molar-refractivity contribution in [2.75, 3.05) is 13.6 Å². The second-order valence-electron chi connectivity index (χ2n) is 3.46. The molecule has 0 saturated heterocycles. The second-order valence-corrected chi connectivity index (χ2v) is 5.76. The van der Waals surface area contributed by atoms with Gasteiger partial charge in [0, 0.05) is 13.1 Å². The number of halogens is 1. The Morgan fingerprint density at radius 2 is 2.40 bits per heavy atom. The molecule has 4 N–H and O–H groups in total. The summed E-state index contributed by atoms with van der Waals surface area (Å²) in [4.78, 5) is 12.7. The molecule has 0 aliphatic heterocycles. The molecular weight excluding hydrogens is 278 g/mol. The highest BCUT2D eigenvalue weighted by molar-refractivity contribution is 9.11. The van der Waals surface area contributed by atoms with Gasteiger partial charge in [0.05, 0.1) is 9.83 Å². The third-order valence-electron chi connectivity index (χ3n) is 1.95. The van der Waals surface area contributed by atoms with Crippen molar-refractivity contribution >= 4 is 33.2 Å². The highest BCUT2D eigenvalue weighted by Crippen LogP contribution is 2.21. The number of likely N-dealkylation sites (N-methyl/N-ethyl adjacent to an activating group) is 1. The molecule has 1 unspecified atom stereocenters. The number of nitrogens with two attached hydrogens (primary N) is 2. The van der Waals surface area contributed by atoms with Crippen LogP contribution in [0.25, 0.3) is 0 Å². The van der Waals surface area contributed by atoms with E-state index in [0.29, 0.717) is 6.54 Å². The SMILES string of the molecule is CN(Cc1csc(Br)c1)CC(N)C(N)=O. The van der Waals surface area contributed by atoms with E-state index in [2.05, 4.69) is 27.4 Å². The predicted molar refractivity (Wildman–Crippen MR) is 65.5 cm³/mol. The molecule has 1 aromatic heterocycles. The van der Waals surface area contributed by atoms with Gasteiger partial charge in [-0.05, 0) is 40.0 Å². The third-order valence-corrected chi connectivity index (χ3v) is 3.50. The molecule has 0 radical (unpaired) electrons. The van der Waals surface area contributed by atoms with Crippen molar-refractivity contribution in [3.63, 3.8) is 0 Å². The zero-order valence-electron chi connectivity index (χ0n) is 8.44. The summed E-state index contributed by atoms with van der Waals surface area (Å²) in [6.07, 6.45) is 0. The Labute approximate surface area is 101 Å². The fourth-order valence-electron chi connectivity index (χ4n) is 1.23. The summed E-state index contributed by atoms with van der Waals surface area (Å²) in [6.45, 7) is 1.24. The van der Waals surface area contributed by atoms with E-state index in [0.717, 1.165) is 10.3 Å². The Kier molecular flexibility index (Phi) is 4.72. The largest absolute Gasteiger partial charge is 0.368 e. The lowest BCUT2D eigenvalue weighted by Gasteiger charge is -2.18. The molecule has 1 heterocycles. The standard InChI is InChI=1S/C9H14BrN3OS/c1-13(4-7(11)9(12)14)3-6-2-8(10)15-5-6/h2,5,7H,3-4,11H2,1H3,(H2,12,14). The number of carbonyl (C=O) groups excluding carboxylic acids is 1. The van der Waals surface area contributed by atoms with Crippen molar-refractivity contribution in [2.24, 2.45) is 11.5 Å². The molecule has 0 aliphatic rings. The van der Waals surface area contributed by atoms with Crippen LogP contribution in [0.3, 0.4) is 0 Å². The molecule has 1 atom stereocenters. The van der Waals surface area contributed by atoms with Gasteiger partial charge in [0.2, 0.25) is 5.91 Å². The van der Waals surface area contributed by atoms with E-state index in [9.17, 15) is 4.79 Å². The first-order valence-electron chi connectivity index (χ1n) is 4.45. The summed E-state index contributed by atoms with van der Waals surface area (Å²) in [7, 11) is 1.91. The predicted octanol–water partition coefficient (Wildman–Crippen LogP) is 0.755. The van der Waals surface area contributed by atoms with Crippen molar-refractivity contribution in [2.45, 2.75) is 12.6 Å². The Balaban J connectivity index is 2.42. The number of carbonyl (C=O) groups is 1. The minimum absolute atomic E-state index is 0.464. The zero-order valence-corrected chi connectivity index (χ0v) is 10.8. The maximum absolute atomic E-state index is 10.8. The van der Waals surface area contributed by atoms with Crippen LogP contribution in [-0.2, 0) is 11.3 Å². The summed E-state index contributed by atoms with van der Waals surface area (Å²) in [5.74, 6) is -0.464. The van der Waals surface area contributed by atoms with Crippen LogP contribution in [0.5, 0.6) is 0 Å². The second kappa shape index (κ2) is 5.60. The Morgan fingerprint density at radius 3 is 2.87 bits per heavy atom. The van der Waals surface area contributed by atoms with Crippen molar-refractivity contribution in [1.29, 1.82) is 0 Å². The smallest absolute Gasteiger partial charge is 0.235 e. The average Bonchev–Trinajstić information content (AvgIpc) is 2.50. The van der Waals surface area contributed by atoms with E-state index in [1.165, 1.54) is 5.56 Å². The van der Waals surface area contributed by atoms with Crippen LogP contribution in [0.1, 0.15) is 5.56 Å². The van der Waals surface area contributed by atoms with Gasteiger partial charge in [0.25, 0.3) is 0 Å². The van der Waals surface area contributed by atoms with Gasteiger partial charge in [-0.3, -0.25) is 4.79 Å². The molecule has 84 valence electrons. The first-order valence-corrected chi connectivity index (χ1v) is 6.12. The van der Waals surface area contributed by atoms with Crippen LogP contribution >= 0.6 is 27.3 Å². The van der Waals surface area contributed by atoms with Crippen molar-refractivity contribution in [3.8, 4) is 0 Å². The molecule has 0 bridgehead atoms. The number of amides is 1. The normalized spacial score (nSPS) is 13.1. The van der Waals surface area contributed by atoms with E-state index < -0.39 is 11.9 Å². The highest BCUT2D eigenvalue weighted by Gasteiger charge is 2.12. The number of thiophene rings is 1. The number of hydrogen-bond donors (Lipinski definition) is 2. The van der Waals surface area contributed by atoms with Crippen molar-refractivity contribution in [3.05, 3.63) is 20.8 Å². The number of hydrogen-bond acceptors (Lipinski definition) is 4. The van der Waals surface area contributed by atoms with Crippen LogP contribution in [-0.4, -0.2) is 30.4 Å². The quantitative estimate of drug-likeness (QED) is 0.841. The Morgan fingerprint density at radius 1 is 1.73 bits per heavy atom. The molecular formula is C9H14BrN3OS. The van der Waals surface area contributed by atoms with E-state index in [-0.39, 0.29) is 0 Å². The maximum Gasteiger partial charge on any atom is 0.235 e. The van der Waals surface area contributed by atoms with E-state index in [4.69, 9.17) is 11.5 Å². The number of nitrogens with zero attached hydrogens (tertiary/aromatic N) is 1. The molecule has 0 aromatic carbocycles. The molecule has 0 spiro atoms. The van der Waals surface area contributed by atoms with Gasteiger partial charge < -0.3 is 16.4 Å². The van der Waals surface area contributed by atoms with Gasteiger partial charge in [-0.1, -0.05) is 0 Å². The minimum Gasteiger partial charge on any atom is -0.368 e. The maximum atomic E-state index is 10.8. The molecule has 15 heavy (non-hydrogen) atoms. The third kappa shape index (κ3) is 4.29. The molecule has 0 aliphatic carbocycles. The first kappa shape index (κ1) is 12.6. The highest BCUT2D eigenvalue weighted by atomic mass is 79.9. The van der Waals surface area contributed by atoms with Gasteiger partial charge in [0.1, 0.15) is 0 Å². The molecule has 6 heteroatoms. The molecule has 0 fully saturated rings. The lowest BCUT2D eigenvalue weighted by molar-refractivity contribution is -0.119. The number of rotatable bonds is 5. The van der Waals surface area contributed by atoms with Gasteiger partial charge in [-0.25, -0.2) is 0 Å². The van der Waals surface area contributed by atoms with Crippen LogP contribution < -0.4 is 11.5 Å². The average molecular weight is 292 g/mol. The fourth-order valence-corrected chi connectivity index (χ4v) is 2.43. The van der Waals surface area contributed by atoms with Gasteiger partial charge >= 0.3 is 0 Å². The number of primary amides is 1. The van der Waals surface area contributed by atoms with Crippen LogP contribution in [0.4, 0.5) is 0 Å². The van der Waals surface area contributed by atoms with Crippen LogP contribution in [0, 0.1) is 0 Å². The Hall–Kier alpha value is -0.430. The van der Waals surface area contributed by atoms with Gasteiger partial charge in [0.15, 0.2) is 0 Å². The van der Waals surface area contributed by atoms with Crippen molar-refractivity contribution in [1.82, 2.24) is 4.90 Å². The summed E-state index contributed by atoms with van der Waals surface area (Å²) >= 11 is 5.04. The van der Waals surface area contributed by atoms with E-state index >= 15 is 0 Å². The molecule has 1 aromatic rings. The summed E-state index contributed by atoms with van der Waals surface area (Å²) in [6, 6.07) is 1.45. The zero-order chi connectivity index (χ0) is 11.4. The molecule has 1 rings (SSSR count). The molecule has 0 saturated carbocycles. The van der Waals surface area contributed by atoms with E-state index in [1.807, 2.05) is 11.9 Å². The van der Waals surface area contributed by atoms with E-state index in [1.54, 1.807) is 11.3 Å².